The van der Waals surface area contributed by atoms with E-state index in [1.807, 2.05) is 0 Å². The highest BCUT2D eigenvalue weighted by molar-refractivity contribution is 5.99. The van der Waals surface area contributed by atoms with Crippen LogP contribution in [0.2, 0.25) is 0 Å². The van der Waals surface area contributed by atoms with Crippen LogP contribution in [-0.4, -0.2) is 164 Å². The molecule has 0 aliphatic rings. The molecule has 0 aromatic heterocycles. The van der Waals surface area contributed by atoms with E-state index < -0.39 is 79.5 Å². The number of amides is 3. The number of unbranched alkanes of at least 4 members (excludes halogenated alkanes) is 32. The molecule has 0 spiro atoms. The fourth-order valence-electron chi connectivity index (χ4n) is 10.4. The van der Waals surface area contributed by atoms with Crippen LogP contribution in [0.1, 0.15) is 268 Å². The highest BCUT2D eigenvalue weighted by Crippen LogP contribution is 2.20. The summed E-state index contributed by atoms with van der Waals surface area (Å²) in [4.78, 5) is 83.6. The molecule has 0 radical (unpaired) electrons. The van der Waals surface area contributed by atoms with Gasteiger partial charge in [0.25, 0.3) is 5.91 Å². The molecule has 544 valence electrons. The molecule has 0 aliphatic carbocycles. The molecule has 6 N–H and O–H groups in total. The molecule has 1 aromatic carbocycles. The lowest BCUT2D eigenvalue weighted by atomic mass is 10.1. The van der Waals surface area contributed by atoms with Crippen LogP contribution in [-0.2, 0) is 33.4 Å². The van der Waals surface area contributed by atoms with Crippen molar-refractivity contribution in [3.8, 4) is 53.1 Å². The van der Waals surface area contributed by atoms with E-state index in [-0.39, 0.29) is 89.1 Å². The Morgan fingerprint density at radius 2 is 0.856 bits per heavy atom. The fraction of sp³-hybridized carbons (Fsp3) is 0.711. The van der Waals surface area contributed by atoms with E-state index in [2.05, 4.69) is 87.1 Å². The summed E-state index contributed by atoms with van der Waals surface area (Å²) in [6.07, 6.45) is 41.3. The zero-order valence-corrected chi connectivity index (χ0v) is 59.0. The summed E-state index contributed by atoms with van der Waals surface area (Å²) in [5, 5.41) is 73.9. The Balaban J connectivity index is 2.59. The molecule has 1 unspecified atom stereocenters. The van der Waals surface area contributed by atoms with E-state index in [0.29, 0.717) is 12.8 Å². The highest BCUT2D eigenvalue weighted by atomic mass is 16.5. The van der Waals surface area contributed by atoms with Crippen molar-refractivity contribution < 1.29 is 68.9 Å². The van der Waals surface area contributed by atoms with Gasteiger partial charge >= 0.3 is 17.9 Å². The first-order valence-electron chi connectivity index (χ1n) is 36.4. The van der Waals surface area contributed by atoms with Gasteiger partial charge < -0.3 is 61.1 Å². The molecule has 1 rings (SSSR count). The third-order valence-corrected chi connectivity index (χ3v) is 15.9. The first-order chi connectivity index (χ1) is 47.1. The summed E-state index contributed by atoms with van der Waals surface area (Å²) in [6, 6.07) is 2.34. The van der Waals surface area contributed by atoms with E-state index in [1.165, 1.54) is 127 Å². The molecule has 0 saturated heterocycles. The van der Waals surface area contributed by atoms with Gasteiger partial charge in [0.05, 0.1) is 59.2 Å². The largest absolute Gasteiger partial charge is 0.872 e. The minimum Gasteiger partial charge on any atom is -0.872 e. The van der Waals surface area contributed by atoms with Crippen molar-refractivity contribution in [1.82, 2.24) is 20.4 Å². The summed E-state index contributed by atoms with van der Waals surface area (Å²) in [5.41, 5.74) is -0.214. The number of aliphatic carboxylic acids is 3. The van der Waals surface area contributed by atoms with Gasteiger partial charge in [0.2, 0.25) is 11.8 Å². The topological polar surface area (TPSA) is 318 Å². The predicted octanol–water partition coefficient (Wildman–Crippen LogP) is 10.2. The Bertz CT molecular complexity index is 2620. The molecule has 0 heterocycles. The molecule has 0 saturated carbocycles. The molecule has 1 aromatic rings. The molecule has 0 fully saturated rings. The number of hydrogen-bond acceptors (Lipinski definition) is 15. The van der Waals surface area contributed by atoms with E-state index in [0.717, 1.165) is 120 Å². The Labute approximate surface area is 581 Å². The number of ether oxygens (including phenoxy) is 2. The van der Waals surface area contributed by atoms with Crippen molar-refractivity contribution in [2.75, 3.05) is 90.6 Å². The normalized spacial score (nSPS) is 11.5. The van der Waals surface area contributed by atoms with Crippen LogP contribution in [0.3, 0.4) is 0 Å². The smallest absolute Gasteiger partial charge is 0.317 e. The van der Waals surface area contributed by atoms with Crippen molar-refractivity contribution in [1.29, 1.82) is 0 Å². The van der Waals surface area contributed by atoms with Gasteiger partial charge in [0, 0.05) is 63.1 Å². The number of carbonyl (C=O) groups excluding carboxylic acids is 3. The quantitative estimate of drug-likeness (QED) is 0.0153. The summed E-state index contributed by atoms with van der Waals surface area (Å²) < 4.78 is 11.2. The molecule has 3 amide bonds. The molecular formula is C76H118N7O14-3. The van der Waals surface area contributed by atoms with Crippen LogP contribution < -0.4 is 31.3 Å². The average Bonchev–Trinajstić information content (AvgIpc) is 0.935. The SMILES string of the molecule is CCCCCCCCCCCCC#CC#CCCCCCCCCC([O-])=NCC(N=C([O-])CCCCCCCCC#CC#CCCCCCCCCCCCC)C(=O)NCCOCCOCCNC(=O)c1cc(NC(=O)CN(CCN(CC(=O)O)CC(=O)O)CC(=O)O)ccc1[O-]. The summed E-state index contributed by atoms with van der Waals surface area (Å²) in [7, 11) is 0. The van der Waals surface area contributed by atoms with Crippen LogP contribution in [0.25, 0.3) is 0 Å². The Morgan fingerprint density at radius 1 is 0.485 bits per heavy atom. The maximum absolute atomic E-state index is 13.4. The second-order valence-electron chi connectivity index (χ2n) is 24.7. The zero-order chi connectivity index (χ0) is 70.9. The molecule has 21 heteroatoms. The highest BCUT2D eigenvalue weighted by Gasteiger charge is 2.20. The van der Waals surface area contributed by atoms with Crippen LogP contribution in [0.5, 0.6) is 5.75 Å². The lowest BCUT2D eigenvalue weighted by Gasteiger charge is -2.24. The van der Waals surface area contributed by atoms with Crippen molar-refractivity contribution in [3.05, 3.63) is 23.8 Å². The number of rotatable bonds is 62. The zero-order valence-electron chi connectivity index (χ0n) is 59.0. The van der Waals surface area contributed by atoms with Crippen LogP contribution >= 0.6 is 0 Å². The molecule has 1 atom stereocenters. The van der Waals surface area contributed by atoms with Crippen molar-refractivity contribution in [2.45, 2.75) is 264 Å². The number of nitrogens with zero attached hydrogens (tertiary/aromatic N) is 4. The number of aliphatic imine (C=N–C) groups is 2. The van der Waals surface area contributed by atoms with E-state index in [9.17, 15) is 49.2 Å². The second-order valence-corrected chi connectivity index (χ2v) is 24.7. The van der Waals surface area contributed by atoms with Crippen molar-refractivity contribution in [3.63, 3.8) is 0 Å². The van der Waals surface area contributed by atoms with Gasteiger partial charge in [0.1, 0.15) is 6.04 Å². The predicted molar refractivity (Wildman–Crippen MR) is 379 cm³/mol. The lowest BCUT2D eigenvalue weighted by molar-refractivity contribution is -0.268. The third kappa shape index (κ3) is 56.6. The maximum atomic E-state index is 13.4. The van der Waals surface area contributed by atoms with Gasteiger partial charge in [0.15, 0.2) is 0 Å². The summed E-state index contributed by atoms with van der Waals surface area (Å²) >= 11 is 0. The van der Waals surface area contributed by atoms with Crippen LogP contribution in [0, 0.1) is 47.4 Å². The van der Waals surface area contributed by atoms with Crippen LogP contribution in [0.15, 0.2) is 28.2 Å². The first kappa shape index (κ1) is 87.9. The lowest BCUT2D eigenvalue weighted by Crippen LogP contribution is -2.44. The van der Waals surface area contributed by atoms with Gasteiger partial charge in [-0.3, -0.25) is 43.6 Å². The van der Waals surface area contributed by atoms with E-state index >= 15 is 0 Å². The number of benzene rings is 1. The van der Waals surface area contributed by atoms with E-state index in [4.69, 9.17) is 19.7 Å². The summed E-state index contributed by atoms with van der Waals surface area (Å²) in [6.45, 7) is 2.10. The second kappa shape index (κ2) is 63.6. The van der Waals surface area contributed by atoms with Gasteiger partial charge in [-0.05, 0) is 99.0 Å². The Morgan fingerprint density at radius 3 is 1.27 bits per heavy atom. The summed E-state index contributed by atoms with van der Waals surface area (Å²) in [5.74, 6) is 17.5. The van der Waals surface area contributed by atoms with Gasteiger partial charge in [-0.2, -0.15) is 0 Å². The Hall–Kier alpha value is -7.14. The van der Waals surface area contributed by atoms with Crippen LogP contribution in [0.4, 0.5) is 5.69 Å². The number of anilines is 1. The molecule has 0 aliphatic heterocycles. The Kier molecular flexibility index (Phi) is 57.6. The fourth-order valence-corrected chi connectivity index (χ4v) is 10.4. The first-order valence-corrected chi connectivity index (χ1v) is 36.4. The number of carbonyl (C=O) groups is 6. The van der Waals surface area contributed by atoms with Gasteiger partial charge in [-0.1, -0.05) is 216 Å². The minimum absolute atomic E-state index is 0.00613. The van der Waals surface area contributed by atoms with E-state index in [1.54, 1.807) is 0 Å². The minimum atomic E-state index is -1.29. The number of hydrogen-bond donors (Lipinski definition) is 6. The maximum Gasteiger partial charge on any atom is 0.317 e. The van der Waals surface area contributed by atoms with Crippen molar-refractivity contribution in [2.24, 2.45) is 9.98 Å². The molecule has 21 nitrogen and oxygen atoms in total. The molecular weight excluding hydrogens is 1230 g/mol. The monoisotopic (exact) mass is 1350 g/mol. The van der Waals surface area contributed by atoms with Gasteiger partial charge in [-0.15, -0.1) is 0 Å². The van der Waals surface area contributed by atoms with Gasteiger partial charge in [-0.25, -0.2) is 0 Å². The molecule has 97 heavy (non-hydrogen) atoms. The standard InChI is InChI=1S/C76H121N7O14/c1-3-5-7-9-11-13-15-17-19-21-23-25-27-29-31-33-35-37-39-41-43-45-47-69(85)79-60-67(81-70(86)48-46-44-42-40-38-36-34-32-30-28-26-24-22-20-18-16-14-12-10-8-6-4-2)76(95)78-52-56-97-58-57-96-55-51-77-75(94)66-59-65(49-50-68(66)84)80-71(87)61-82(62-72(88)89)53-54-83(63-73(90)91)64-74(92)93/h49-50,59,67,84H,3-24,33-48,51-58,60-64H2,1-2H3,(H,77,94)(H,78,95)(H,79,85)(H,80,87)(H,81,86)(H,88,89)(H,90,91)(H,92,93)/p-3. The number of nitrogens with one attached hydrogen (secondary N) is 3. The molecule has 0 bridgehead atoms. The third-order valence-electron chi connectivity index (χ3n) is 15.9. The number of carboxylic acids is 3. The average molecular weight is 1350 g/mol. The number of carboxylic acid groups (broad SMARTS) is 3. The van der Waals surface area contributed by atoms with Crippen molar-refractivity contribution >= 4 is 53.1 Å².